The first-order chi connectivity index (χ1) is 10.7. The van der Waals surface area contributed by atoms with E-state index < -0.39 is 5.97 Å². The lowest BCUT2D eigenvalue weighted by atomic mass is 10.1. The standard InChI is InChI=1S/C16H14N2O4/c1-20-13-9-14(21-2)18-12(15(13)16(19)22-3)7-6-11-5-4-8-17-10-11/h4-5,8-10H,1-3H3. The zero-order valence-corrected chi connectivity index (χ0v) is 12.4. The summed E-state index contributed by atoms with van der Waals surface area (Å²) in [7, 11) is 4.20. The van der Waals surface area contributed by atoms with Gasteiger partial charge in [0.1, 0.15) is 17.0 Å². The predicted molar refractivity (Wildman–Crippen MR) is 78.9 cm³/mol. The molecule has 0 saturated carbocycles. The van der Waals surface area contributed by atoms with Gasteiger partial charge in [-0.15, -0.1) is 0 Å². The molecule has 0 spiro atoms. The zero-order chi connectivity index (χ0) is 15.9. The van der Waals surface area contributed by atoms with Crippen LogP contribution < -0.4 is 9.47 Å². The number of rotatable bonds is 3. The van der Waals surface area contributed by atoms with Crippen LogP contribution in [0.3, 0.4) is 0 Å². The molecule has 0 amide bonds. The number of hydrogen-bond donors (Lipinski definition) is 0. The molecule has 0 aliphatic carbocycles. The largest absolute Gasteiger partial charge is 0.496 e. The highest BCUT2D eigenvalue weighted by Gasteiger charge is 2.20. The molecule has 6 heteroatoms. The molecule has 2 aromatic heterocycles. The van der Waals surface area contributed by atoms with Crippen molar-refractivity contribution >= 4 is 5.97 Å². The maximum Gasteiger partial charge on any atom is 0.344 e. The molecule has 22 heavy (non-hydrogen) atoms. The molecule has 0 fully saturated rings. The van der Waals surface area contributed by atoms with Crippen LogP contribution in [0, 0.1) is 11.8 Å². The molecule has 0 saturated heterocycles. The summed E-state index contributed by atoms with van der Waals surface area (Å²) >= 11 is 0. The van der Waals surface area contributed by atoms with Crippen LogP contribution in [0.5, 0.6) is 11.6 Å². The van der Waals surface area contributed by atoms with E-state index in [1.807, 2.05) is 0 Å². The Labute approximate surface area is 128 Å². The lowest BCUT2D eigenvalue weighted by Gasteiger charge is -2.10. The van der Waals surface area contributed by atoms with Crippen LogP contribution >= 0.6 is 0 Å². The molecule has 0 aliphatic rings. The normalized spacial score (nSPS) is 9.41. The maximum atomic E-state index is 12.0. The van der Waals surface area contributed by atoms with Gasteiger partial charge in [0, 0.05) is 24.0 Å². The second-order valence-corrected chi connectivity index (χ2v) is 4.07. The molecule has 0 atom stereocenters. The van der Waals surface area contributed by atoms with Crippen LogP contribution in [-0.2, 0) is 4.74 Å². The fraction of sp³-hybridized carbons (Fsp3) is 0.188. The van der Waals surface area contributed by atoms with E-state index in [0.717, 1.165) is 0 Å². The van der Waals surface area contributed by atoms with Gasteiger partial charge in [-0.05, 0) is 18.1 Å². The van der Waals surface area contributed by atoms with Gasteiger partial charge >= 0.3 is 5.97 Å². The highest BCUT2D eigenvalue weighted by atomic mass is 16.5. The van der Waals surface area contributed by atoms with E-state index in [9.17, 15) is 4.79 Å². The zero-order valence-electron chi connectivity index (χ0n) is 12.4. The fourth-order valence-electron chi connectivity index (χ4n) is 1.72. The Bertz CT molecular complexity index is 733. The van der Waals surface area contributed by atoms with E-state index in [-0.39, 0.29) is 17.0 Å². The number of carbonyl (C=O) groups is 1. The molecule has 0 radical (unpaired) electrons. The number of nitrogens with zero attached hydrogens (tertiary/aromatic N) is 2. The first kappa shape index (κ1) is 15.3. The highest BCUT2D eigenvalue weighted by molar-refractivity contribution is 5.95. The number of esters is 1. The summed E-state index contributed by atoms with van der Waals surface area (Å²) in [6, 6.07) is 5.07. The molecule has 0 N–H and O–H groups in total. The van der Waals surface area contributed by atoms with Crippen molar-refractivity contribution in [3.05, 3.63) is 47.4 Å². The van der Waals surface area contributed by atoms with Gasteiger partial charge in [0.15, 0.2) is 0 Å². The Morgan fingerprint density at radius 1 is 1.18 bits per heavy atom. The highest BCUT2D eigenvalue weighted by Crippen LogP contribution is 2.26. The third-order valence-electron chi connectivity index (χ3n) is 2.77. The molecule has 2 rings (SSSR count). The van der Waals surface area contributed by atoms with E-state index in [1.165, 1.54) is 27.4 Å². The molecule has 112 valence electrons. The molecule has 2 aromatic rings. The monoisotopic (exact) mass is 298 g/mol. The van der Waals surface area contributed by atoms with Crippen molar-refractivity contribution in [2.75, 3.05) is 21.3 Å². The van der Waals surface area contributed by atoms with Crippen molar-refractivity contribution in [1.29, 1.82) is 0 Å². The average molecular weight is 298 g/mol. The van der Waals surface area contributed by atoms with E-state index in [1.54, 1.807) is 24.5 Å². The fourth-order valence-corrected chi connectivity index (χ4v) is 1.72. The number of carbonyl (C=O) groups excluding carboxylic acids is 1. The summed E-state index contributed by atoms with van der Waals surface area (Å²) in [5.41, 5.74) is 1.07. The van der Waals surface area contributed by atoms with Crippen molar-refractivity contribution in [2.45, 2.75) is 0 Å². The molecule has 0 unspecified atom stereocenters. The summed E-state index contributed by atoms with van der Waals surface area (Å²) in [4.78, 5) is 20.1. The Kier molecular flexibility index (Phi) is 4.94. The SMILES string of the molecule is COC(=O)c1c(OC)cc(OC)nc1C#Cc1cccnc1. The summed E-state index contributed by atoms with van der Waals surface area (Å²) in [5, 5.41) is 0. The lowest BCUT2D eigenvalue weighted by molar-refractivity contribution is 0.0596. The van der Waals surface area contributed by atoms with Crippen molar-refractivity contribution in [1.82, 2.24) is 9.97 Å². The smallest absolute Gasteiger partial charge is 0.344 e. The molecule has 6 nitrogen and oxygen atoms in total. The second kappa shape index (κ2) is 7.09. The van der Waals surface area contributed by atoms with Crippen molar-refractivity contribution < 1.29 is 19.0 Å². The van der Waals surface area contributed by atoms with Crippen LogP contribution in [0.4, 0.5) is 0 Å². The minimum absolute atomic E-state index is 0.155. The number of aromatic nitrogens is 2. The third kappa shape index (κ3) is 3.33. The maximum absolute atomic E-state index is 12.0. The Morgan fingerprint density at radius 3 is 2.59 bits per heavy atom. The van der Waals surface area contributed by atoms with Crippen LogP contribution in [-0.4, -0.2) is 37.3 Å². The Morgan fingerprint density at radius 2 is 2.00 bits per heavy atom. The average Bonchev–Trinajstić information content (AvgIpc) is 2.59. The van der Waals surface area contributed by atoms with Crippen molar-refractivity contribution in [3.8, 4) is 23.5 Å². The predicted octanol–water partition coefficient (Wildman–Crippen LogP) is 1.68. The Hall–Kier alpha value is -3.07. The molecular formula is C16H14N2O4. The van der Waals surface area contributed by atoms with Gasteiger partial charge in [0.25, 0.3) is 0 Å². The van der Waals surface area contributed by atoms with Crippen LogP contribution in [0.25, 0.3) is 0 Å². The minimum atomic E-state index is -0.581. The number of hydrogen-bond acceptors (Lipinski definition) is 6. The molecular weight excluding hydrogens is 284 g/mol. The lowest BCUT2D eigenvalue weighted by Crippen LogP contribution is -2.09. The molecule has 0 aromatic carbocycles. The first-order valence-corrected chi connectivity index (χ1v) is 6.33. The number of methoxy groups -OCH3 is 3. The first-order valence-electron chi connectivity index (χ1n) is 6.33. The van der Waals surface area contributed by atoms with Gasteiger partial charge in [0.2, 0.25) is 5.88 Å². The summed E-state index contributed by atoms with van der Waals surface area (Å²) < 4.78 is 15.1. The van der Waals surface area contributed by atoms with Gasteiger partial charge in [0.05, 0.1) is 21.3 Å². The second-order valence-electron chi connectivity index (χ2n) is 4.07. The van der Waals surface area contributed by atoms with E-state index in [0.29, 0.717) is 11.4 Å². The van der Waals surface area contributed by atoms with E-state index >= 15 is 0 Å². The van der Waals surface area contributed by atoms with Gasteiger partial charge < -0.3 is 14.2 Å². The number of pyridine rings is 2. The van der Waals surface area contributed by atoms with E-state index in [2.05, 4.69) is 21.8 Å². The molecule has 0 aliphatic heterocycles. The Balaban J connectivity index is 2.57. The third-order valence-corrected chi connectivity index (χ3v) is 2.77. The summed E-state index contributed by atoms with van der Waals surface area (Å²) in [6.07, 6.45) is 3.26. The molecule has 0 bridgehead atoms. The number of ether oxygens (including phenoxy) is 3. The van der Waals surface area contributed by atoms with Gasteiger partial charge in [-0.25, -0.2) is 9.78 Å². The quantitative estimate of drug-likeness (QED) is 0.634. The van der Waals surface area contributed by atoms with Crippen molar-refractivity contribution in [3.63, 3.8) is 0 Å². The summed E-state index contributed by atoms with van der Waals surface area (Å²) in [6.45, 7) is 0. The van der Waals surface area contributed by atoms with Gasteiger partial charge in [-0.2, -0.15) is 0 Å². The van der Waals surface area contributed by atoms with Crippen LogP contribution in [0.2, 0.25) is 0 Å². The van der Waals surface area contributed by atoms with E-state index in [4.69, 9.17) is 14.2 Å². The van der Waals surface area contributed by atoms with Crippen LogP contribution in [0.15, 0.2) is 30.6 Å². The minimum Gasteiger partial charge on any atom is -0.496 e. The van der Waals surface area contributed by atoms with Crippen molar-refractivity contribution in [2.24, 2.45) is 0 Å². The van der Waals surface area contributed by atoms with Gasteiger partial charge in [-0.3, -0.25) is 4.98 Å². The topological polar surface area (TPSA) is 70.5 Å². The van der Waals surface area contributed by atoms with Crippen LogP contribution in [0.1, 0.15) is 21.6 Å². The molecule has 2 heterocycles. The van der Waals surface area contributed by atoms with Gasteiger partial charge in [-0.1, -0.05) is 5.92 Å². The summed E-state index contributed by atoms with van der Waals surface area (Å²) in [5.74, 6) is 5.72.